The van der Waals surface area contributed by atoms with Crippen LogP contribution in [-0.4, -0.2) is 19.0 Å². The molecule has 0 aliphatic heterocycles. The molecule has 96 valence electrons. The zero-order chi connectivity index (χ0) is 13.7. The van der Waals surface area contributed by atoms with E-state index in [1.54, 1.807) is 24.3 Å². The Labute approximate surface area is 114 Å². The van der Waals surface area contributed by atoms with Crippen LogP contribution in [0.15, 0.2) is 40.9 Å². The van der Waals surface area contributed by atoms with E-state index in [4.69, 9.17) is 4.74 Å². The highest BCUT2D eigenvalue weighted by molar-refractivity contribution is 9.10. The van der Waals surface area contributed by atoms with Crippen LogP contribution in [0.3, 0.4) is 0 Å². The quantitative estimate of drug-likeness (QED) is 0.633. The number of methoxy groups -OCH3 is 1. The zero-order valence-electron chi connectivity index (χ0n) is 10.1. The van der Waals surface area contributed by atoms with Crippen molar-refractivity contribution in [1.82, 2.24) is 0 Å². The van der Waals surface area contributed by atoms with Crippen LogP contribution in [0.5, 0.6) is 0 Å². The molecular weight excluding hydrogens is 300 g/mol. The number of rotatable bonds is 4. The van der Waals surface area contributed by atoms with Gasteiger partial charge in [0.15, 0.2) is 6.10 Å². The minimum Gasteiger partial charge on any atom is -0.466 e. The molecule has 0 heterocycles. The molecule has 1 atom stereocenters. The smallest absolute Gasteiger partial charge is 0.337 e. The molecule has 1 rings (SSSR count). The van der Waals surface area contributed by atoms with Crippen molar-refractivity contribution in [2.75, 3.05) is 7.11 Å². The van der Waals surface area contributed by atoms with Crippen LogP contribution in [0, 0.1) is 0 Å². The lowest BCUT2D eigenvalue weighted by Crippen LogP contribution is -2.17. The van der Waals surface area contributed by atoms with E-state index in [0.29, 0.717) is 5.56 Å². The molecule has 0 N–H and O–H groups in total. The van der Waals surface area contributed by atoms with Crippen molar-refractivity contribution in [3.05, 3.63) is 46.5 Å². The Balaban J connectivity index is 3.05. The van der Waals surface area contributed by atoms with E-state index in [-0.39, 0.29) is 5.57 Å². The highest BCUT2D eigenvalue weighted by Gasteiger charge is 2.24. The van der Waals surface area contributed by atoms with Crippen molar-refractivity contribution >= 4 is 27.9 Å². The third-order valence-corrected chi connectivity index (χ3v) is 2.75. The van der Waals surface area contributed by atoms with Gasteiger partial charge >= 0.3 is 11.9 Å². The van der Waals surface area contributed by atoms with E-state index in [1.165, 1.54) is 14.0 Å². The molecule has 0 aliphatic carbocycles. The fourth-order valence-corrected chi connectivity index (χ4v) is 1.65. The van der Waals surface area contributed by atoms with E-state index in [9.17, 15) is 9.59 Å². The van der Waals surface area contributed by atoms with Gasteiger partial charge in [0.05, 0.1) is 12.7 Å². The van der Waals surface area contributed by atoms with Crippen LogP contribution < -0.4 is 0 Å². The van der Waals surface area contributed by atoms with Crippen molar-refractivity contribution in [2.45, 2.75) is 13.0 Å². The molecule has 1 aromatic carbocycles. The predicted octanol–water partition coefficient (Wildman–Crippen LogP) is 2.78. The largest absolute Gasteiger partial charge is 0.466 e. The topological polar surface area (TPSA) is 52.6 Å². The first-order chi connectivity index (χ1) is 8.45. The van der Waals surface area contributed by atoms with E-state index in [1.807, 2.05) is 0 Å². The SMILES string of the molecule is C=C(C(=O)OC)C(OC(C)=O)c1ccc(Br)cc1. The molecule has 4 nitrogen and oxygen atoms in total. The molecule has 1 unspecified atom stereocenters. The summed E-state index contributed by atoms with van der Waals surface area (Å²) < 4.78 is 10.6. The van der Waals surface area contributed by atoms with Gasteiger partial charge in [-0.2, -0.15) is 0 Å². The van der Waals surface area contributed by atoms with Gasteiger partial charge in [-0.15, -0.1) is 0 Å². The second kappa shape index (κ2) is 6.35. The molecule has 0 spiro atoms. The average molecular weight is 313 g/mol. The molecule has 0 bridgehead atoms. The molecule has 0 saturated heterocycles. The molecular formula is C13H13BrO4. The standard InChI is InChI=1S/C13H13BrO4/c1-8(13(16)17-3)12(18-9(2)15)10-4-6-11(14)7-5-10/h4-7,12H,1H2,2-3H3. The maximum absolute atomic E-state index is 11.5. The summed E-state index contributed by atoms with van der Waals surface area (Å²) in [5, 5.41) is 0. The van der Waals surface area contributed by atoms with E-state index in [2.05, 4.69) is 27.2 Å². The Morgan fingerprint density at radius 1 is 1.28 bits per heavy atom. The number of ether oxygens (including phenoxy) is 2. The third-order valence-electron chi connectivity index (χ3n) is 2.22. The minimum absolute atomic E-state index is 0.0787. The highest BCUT2D eigenvalue weighted by Crippen LogP contribution is 2.27. The van der Waals surface area contributed by atoms with Gasteiger partial charge in [-0.3, -0.25) is 4.79 Å². The number of carbonyl (C=O) groups is 2. The van der Waals surface area contributed by atoms with Gasteiger partial charge in [0.1, 0.15) is 0 Å². The summed E-state index contributed by atoms with van der Waals surface area (Å²) in [4.78, 5) is 22.5. The second-order valence-corrected chi connectivity index (χ2v) is 4.47. The van der Waals surface area contributed by atoms with Gasteiger partial charge in [0.2, 0.25) is 0 Å². The zero-order valence-corrected chi connectivity index (χ0v) is 11.7. The van der Waals surface area contributed by atoms with Crippen molar-refractivity contribution in [3.8, 4) is 0 Å². The Morgan fingerprint density at radius 3 is 2.28 bits per heavy atom. The fraction of sp³-hybridized carbons (Fsp3) is 0.231. The van der Waals surface area contributed by atoms with Crippen LogP contribution in [-0.2, 0) is 19.1 Å². The predicted molar refractivity (Wildman–Crippen MR) is 69.8 cm³/mol. The van der Waals surface area contributed by atoms with Crippen LogP contribution in [0.2, 0.25) is 0 Å². The normalized spacial score (nSPS) is 11.5. The minimum atomic E-state index is -0.831. The van der Waals surface area contributed by atoms with Crippen LogP contribution in [0.25, 0.3) is 0 Å². The third kappa shape index (κ3) is 3.70. The average Bonchev–Trinajstić information content (AvgIpc) is 2.35. The summed E-state index contributed by atoms with van der Waals surface area (Å²) in [6, 6.07) is 7.06. The van der Waals surface area contributed by atoms with Gasteiger partial charge < -0.3 is 9.47 Å². The summed E-state index contributed by atoms with van der Waals surface area (Å²) in [7, 11) is 1.25. The number of halogens is 1. The van der Waals surface area contributed by atoms with Crippen molar-refractivity contribution in [3.63, 3.8) is 0 Å². The maximum Gasteiger partial charge on any atom is 0.337 e. The maximum atomic E-state index is 11.5. The van der Waals surface area contributed by atoms with Gasteiger partial charge in [-0.25, -0.2) is 4.79 Å². The summed E-state index contributed by atoms with van der Waals surface area (Å²) in [6.07, 6.45) is -0.831. The lowest BCUT2D eigenvalue weighted by atomic mass is 10.0. The van der Waals surface area contributed by atoms with E-state index >= 15 is 0 Å². The van der Waals surface area contributed by atoms with Gasteiger partial charge in [0, 0.05) is 11.4 Å². The number of hydrogen-bond acceptors (Lipinski definition) is 4. The van der Waals surface area contributed by atoms with Gasteiger partial charge in [-0.1, -0.05) is 34.6 Å². The Morgan fingerprint density at radius 2 is 1.83 bits per heavy atom. The van der Waals surface area contributed by atoms with Gasteiger partial charge in [-0.05, 0) is 17.7 Å². The molecule has 0 saturated carbocycles. The summed E-state index contributed by atoms with van der Waals surface area (Å²) in [6.45, 7) is 4.89. The monoisotopic (exact) mass is 312 g/mol. The summed E-state index contributed by atoms with van der Waals surface area (Å²) >= 11 is 3.30. The first-order valence-electron chi connectivity index (χ1n) is 5.15. The number of hydrogen-bond donors (Lipinski definition) is 0. The van der Waals surface area contributed by atoms with Crippen molar-refractivity contribution in [2.24, 2.45) is 0 Å². The Kier molecular flexibility index (Phi) is 5.09. The first kappa shape index (κ1) is 14.4. The summed E-state index contributed by atoms with van der Waals surface area (Å²) in [5.41, 5.74) is 0.735. The molecule has 0 radical (unpaired) electrons. The lowest BCUT2D eigenvalue weighted by molar-refractivity contribution is -0.147. The fourth-order valence-electron chi connectivity index (χ4n) is 1.38. The van der Waals surface area contributed by atoms with Crippen molar-refractivity contribution in [1.29, 1.82) is 0 Å². The molecule has 0 aromatic heterocycles. The second-order valence-electron chi connectivity index (χ2n) is 3.56. The number of benzene rings is 1. The number of carbonyl (C=O) groups excluding carboxylic acids is 2. The van der Waals surface area contributed by atoms with E-state index < -0.39 is 18.0 Å². The highest BCUT2D eigenvalue weighted by atomic mass is 79.9. The van der Waals surface area contributed by atoms with Crippen LogP contribution >= 0.6 is 15.9 Å². The summed E-state index contributed by atoms with van der Waals surface area (Å²) in [5.74, 6) is -1.10. The molecule has 0 amide bonds. The Hall–Kier alpha value is -1.62. The van der Waals surface area contributed by atoms with Crippen molar-refractivity contribution < 1.29 is 19.1 Å². The molecule has 5 heteroatoms. The molecule has 18 heavy (non-hydrogen) atoms. The van der Waals surface area contributed by atoms with Crippen LogP contribution in [0.1, 0.15) is 18.6 Å². The lowest BCUT2D eigenvalue weighted by Gasteiger charge is -2.18. The van der Waals surface area contributed by atoms with Crippen LogP contribution in [0.4, 0.5) is 0 Å². The first-order valence-corrected chi connectivity index (χ1v) is 5.94. The van der Waals surface area contributed by atoms with Gasteiger partial charge in [0.25, 0.3) is 0 Å². The molecule has 0 fully saturated rings. The van der Waals surface area contributed by atoms with E-state index in [0.717, 1.165) is 4.47 Å². The number of esters is 2. The Bertz CT molecular complexity index is 464. The molecule has 0 aliphatic rings. The molecule has 1 aromatic rings.